The average Bonchev–Trinajstić information content (AvgIpc) is 2.95. The number of allylic oxidation sites excluding steroid dienone is 1. The first kappa shape index (κ1) is 19.0. The van der Waals surface area contributed by atoms with Gasteiger partial charge in [-0.15, -0.1) is 6.58 Å². The molecule has 1 unspecified atom stereocenters. The molecule has 0 spiro atoms. The van der Waals surface area contributed by atoms with E-state index in [0.29, 0.717) is 24.3 Å². The van der Waals surface area contributed by atoms with Crippen LogP contribution in [0.15, 0.2) is 55.1 Å². The topological polar surface area (TPSA) is 52.9 Å². The number of nitrogens with zero attached hydrogens (tertiary/aromatic N) is 1. The Kier molecular flexibility index (Phi) is 5.17. The van der Waals surface area contributed by atoms with Gasteiger partial charge in [-0.25, -0.2) is 0 Å². The van der Waals surface area contributed by atoms with E-state index in [4.69, 9.17) is 4.74 Å². The molecule has 0 aromatic heterocycles. The van der Waals surface area contributed by atoms with Gasteiger partial charge in [0, 0.05) is 24.2 Å². The highest BCUT2D eigenvalue weighted by Crippen LogP contribution is 2.46. The molecule has 2 bridgehead atoms. The van der Waals surface area contributed by atoms with Crippen molar-refractivity contribution in [2.45, 2.75) is 56.3 Å². The van der Waals surface area contributed by atoms with Crippen molar-refractivity contribution in [3.63, 3.8) is 0 Å². The zero-order valence-corrected chi connectivity index (χ0v) is 16.5. The van der Waals surface area contributed by atoms with E-state index in [1.165, 1.54) is 0 Å². The van der Waals surface area contributed by atoms with E-state index in [1.54, 1.807) is 7.11 Å². The number of aliphatic hydroxyl groups is 1. The van der Waals surface area contributed by atoms with E-state index in [0.717, 1.165) is 54.7 Å². The predicted octanol–water partition coefficient (Wildman–Crippen LogP) is 4.14. The Bertz CT molecular complexity index is 831. The second-order valence-electron chi connectivity index (χ2n) is 8.14. The zero-order valence-electron chi connectivity index (χ0n) is 16.5. The Balaban J connectivity index is 1.53. The Labute approximate surface area is 167 Å². The second kappa shape index (κ2) is 7.61. The molecule has 2 fully saturated rings. The number of benzene rings is 2. The van der Waals surface area contributed by atoms with E-state index >= 15 is 0 Å². The number of fused-ring (bicyclic) bond motifs is 2. The molecule has 0 saturated carbocycles. The third-order valence-corrected chi connectivity index (χ3v) is 6.47. The second-order valence-corrected chi connectivity index (χ2v) is 8.14. The third kappa shape index (κ3) is 3.43. The fourth-order valence-electron chi connectivity index (χ4n) is 5.00. The Hall–Kier alpha value is -2.30. The van der Waals surface area contributed by atoms with Crippen molar-refractivity contribution in [2.24, 2.45) is 0 Å². The smallest absolute Gasteiger partial charge is 0.123 e. The van der Waals surface area contributed by atoms with Crippen molar-refractivity contribution in [1.82, 2.24) is 4.90 Å². The fraction of sp³-hybridized carbons (Fsp3) is 0.417. The van der Waals surface area contributed by atoms with Gasteiger partial charge in [0.1, 0.15) is 11.5 Å². The molecule has 4 heteroatoms. The first-order chi connectivity index (χ1) is 13.5. The molecule has 4 rings (SSSR count). The first-order valence-corrected chi connectivity index (χ1v) is 10.1. The standard InChI is InChI=1S/C24H29NO3/c1-3-5-17-6-4-7-18(23(17)26)16-25-20-10-11-21(25)15-24(27,14-20)19-8-12-22(28-2)13-9-19/h3-4,6-9,12-13,20-21,26-27H,1,5,10-11,14-16H2,2H3/t20-,21+,24?. The Morgan fingerprint density at radius 1 is 1.11 bits per heavy atom. The largest absolute Gasteiger partial charge is 0.507 e. The summed E-state index contributed by atoms with van der Waals surface area (Å²) in [7, 11) is 1.65. The summed E-state index contributed by atoms with van der Waals surface area (Å²) in [5.41, 5.74) is 2.07. The molecule has 0 radical (unpaired) electrons. The van der Waals surface area contributed by atoms with Gasteiger partial charge in [-0.2, -0.15) is 0 Å². The SMILES string of the molecule is C=CCc1cccc(CN2[C@@H]3CC[C@H]2CC(O)(c2ccc(OC)cc2)C3)c1O. The van der Waals surface area contributed by atoms with Gasteiger partial charge in [0.15, 0.2) is 0 Å². The van der Waals surface area contributed by atoms with Crippen LogP contribution in [0.5, 0.6) is 11.5 Å². The molecule has 0 amide bonds. The molecule has 148 valence electrons. The summed E-state index contributed by atoms with van der Waals surface area (Å²) >= 11 is 0. The van der Waals surface area contributed by atoms with Crippen LogP contribution in [0.2, 0.25) is 0 Å². The number of hydrogen-bond donors (Lipinski definition) is 2. The van der Waals surface area contributed by atoms with Gasteiger partial charge in [0.05, 0.1) is 12.7 Å². The number of hydrogen-bond acceptors (Lipinski definition) is 4. The van der Waals surface area contributed by atoms with Crippen LogP contribution in [0.3, 0.4) is 0 Å². The lowest BCUT2D eigenvalue weighted by Crippen LogP contribution is -2.49. The van der Waals surface area contributed by atoms with Crippen molar-refractivity contribution in [3.8, 4) is 11.5 Å². The van der Waals surface area contributed by atoms with E-state index < -0.39 is 5.60 Å². The van der Waals surface area contributed by atoms with Crippen LogP contribution in [-0.4, -0.2) is 34.3 Å². The third-order valence-electron chi connectivity index (χ3n) is 6.47. The van der Waals surface area contributed by atoms with Crippen LogP contribution in [0.25, 0.3) is 0 Å². The monoisotopic (exact) mass is 379 g/mol. The van der Waals surface area contributed by atoms with Gasteiger partial charge < -0.3 is 14.9 Å². The van der Waals surface area contributed by atoms with Crippen molar-refractivity contribution in [1.29, 1.82) is 0 Å². The van der Waals surface area contributed by atoms with Gasteiger partial charge >= 0.3 is 0 Å². The summed E-state index contributed by atoms with van der Waals surface area (Å²) < 4.78 is 5.25. The maximum atomic E-state index is 11.4. The van der Waals surface area contributed by atoms with Crippen molar-refractivity contribution >= 4 is 0 Å². The Morgan fingerprint density at radius 3 is 2.36 bits per heavy atom. The fourth-order valence-corrected chi connectivity index (χ4v) is 5.00. The van der Waals surface area contributed by atoms with E-state index in [-0.39, 0.29) is 0 Å². The van der Waals surface area contributed by atoms with Crippen LogP contribution < -0.4 is 4.74 Å². The van der Waals surface area contributed by atoms with E-state index in [1.807, 2.05) is 48.5 Å². The summed E-state index contributed by atoms with van der Waals surface area (Å²) in [6.07, 6.45) is 6.13. The van der Waals surface area contributed by atoms with Crippen molar-refractivity contribution in [3.05, 3.63) is 71.8 Å². The van der Waals surface area contributed by atoms with Gasteiger partial charge in [0.2, 0.25) is 0 Å². The lowest BCUT2D eigenvalue weighted by Gasteiger charge is -2.44. The molecule has 2 saturated heterocycles. The minimum Gasteiger partial charge on any atom is -0.507 e. The zero-order chi connectivity index (χ0) is 19.7. The molecule has 2 aliphatic rings. The van der Waals surface area contributed by atoms with Crippen LogP contribution in [0.4, 0.5) is 0 Å². The first-order valence-electron chi connectivity index (χ1n) is 10.1. The number of piperidine rings is 1. The lowest BCUT2D eigenvalue weighted by atomic mass is 9.80. The van der Waals surface area contributed by atoms with Gasteiger partial charge in [-0.1, -0.05) is 36.4 Å². The van der Waals surface area contributed by atoms with Crippen molar-refractivity contribution < 1.29 is 14.9 Å². The van der Waals surface area contributed by atoms with Crippen LogP contribution >= 0.6 is 0 Å². The maximum absolute atomic E-state index is 11.4. The molecule has 2 aliphatic heterocycles. The highest BCUT2D eigenvalue weighted by atomic mass is 16.5. The molecule has 28 heavy (non-hydrogen) atoms. The predicted molar refractivity (Wildman–Crippen MR) is 110 cm³/mol. The molecular formula is C24H29NO3. The molecule has 2 aromatic carbocycles. The highest BCUT2D eigenvalue weighted by Gasteiger charge is 2.48. The van der Waals surface area contributed by atoms with Crippen LogP contribution in [0, 0.1) is 0 Å². The number of aromatic hydroxyl groups is 1. The Morgan fingerprint density at radius 2 is 1.75 bits per heavy atom. The van der Waals surface area contributed by atoms with Crippen LogP contribution in [0.1, 0.15) is 42.4 Å². The number of rotatable bonds is 6. The van der Waals surface area contributed by atoms with Gasteiger partial charge in [-0.05, 0) is 55.4 Å². The molecule has 2 N–H and O–H groups in total. The number of ether oxygens (including phenoxy) is 1. The maximum Gasteiger partial charge on any atom is 0.123 e. The number of para-hydroxylation sites is 1. The summed E-state index contributed by atoms with van der Waals surface area (Å²) in [6.45, 7) is 4.50. The minimum absolute atomic E-state index is 0.327. The summed E-state index contributed by atoms with van der Waals surface area (Å²) in [5, 5.41) is 22.0. The van der Waals surface area contributed by atoms with Gasteiger partial charge in [-0.3, -0.25) is 4.90 Å². The minimum atomic E-state index is -0.790. The van der Waals surface area contributed by atoms with Crippen molar-refractivity contribution in [2.75, 3.05) is 7.11 Å². The van der Waals surface area contributed by atoms with E-state index in [9.17, 15) is 10.2 Å². The molecular weight excluding hydrogens is 350 g/mol. The number of methoxy groups -OCH3 is 1. The summed E-state index contributed by atoms with van der Waals surface area (Å²) in [4.78, 5) is 2.48. The molecule has 4 nitrogen and oxygen atoms in total. The van der Waals surface area contributed by atoms with E-state index in [2.05, 4.69) is 11.5 Å². The average molecular weight is 380 g/mol. The normalized spacial score (nSPS) is 26.9. The summed E-state index contributed by atoms with van der Waals surface area (Å²) in [5.74, 6) is 1.19. The molecule has 0 aliphatic carbocycles. The number of phenolic OH excluding ortho intramolecular Hbond substituents is 1. The molecule has 2 heterocycles. The quantitative estimate of drug-likeness (QED) is 0.741. The molecule has 3 atom stereocenters. The van der Waals surface area contributed by atoms with Gasteiger partial charge in [0.25, 0.3) is 0 Å². The lowest BCUT2D eigenvalue weighted by molar-refractivity contribution is -0.0596. The molecule has 2 aromatic rings. The summed E-state index contributed by atoms with van der Waals surface area (Å²) in [6, 6.07) is 14.4. The number of phenols is 1. The highest BCUT2D eigenvalue weighted by molar-refractivity contribution is 5.41. The van der Waals surface area contributed by atoms with Crippen LogP contribution in [-0.2, 0) is 18.6 Å².